The maximum Gasteiger partial charge on any atom is 0.337 e. The Morgan fingerprint density at radius 1 is 1.28 bits per heavy atom. The first kappa shape index (κ1) is 28.1. The number of carbonyl (C=O) groups is 2. The van der Waals surface area contributed by atoms with Gasteiger partial charge in [0.25, 0.3) is 0 Å². The van der Waals surface area contributed by atoms with Gasteiger partial charge in [-0.3, -0.25) is 4.79 Å². The molecule has 4 aliphatic rings. The summed E-state index contributed by atoms with van der Waals surface area (Å²) in [5.41, 5.74) is 0.912. The Bertz CT molecular complexity index is 868. The minimum Gasteiger partial charge on any atom is -0.458 e. The lowest BCUT2D eigenvalue weighted by molar-refractivity contribution is -0.151. The van der Waals surface area contributed by atoms with Gasteiger partial charge in [-0.2, -0.15) is 0 Å². The van der Waals surface area contributed by atoms with Crippen LogP contribution in [0, 0.1) is 22.7 Å². The molecule has 0 bridgehead atoms. The number of carbonyl (C=O) groups excluding carboxylic acids is 2. The van der Waals surface area contributed by atoms with E-state index in [2.05, 4.69) is 13.5 Å². The van der Waals surface area contributed by atoms with Crippen molar-refractivity contribution in [2.75, 3.05) is 19.0 Å². The highest BCUT2D eigenvalue weighted by Gasteiger charge is 2.57. The molecule has 36 heavy (non-hydrogen) atoms. The van der Waals surface area contributed by atoms with Crippen LogP contribution in [0.3, 0.4) is 0 Å². The Labute approximate surface area is 223 Å². The summed E-state index contributed by atoms with van der Waals surface area (Å²) in [6, 6.07) is 0. The number of unbranched alkanes of at least 4 members (excludes halogenated alkanes) is 1. The highest BCUT2D eigenvalue weighted by Crippen LogP contribution is 2.61. The first-order valence-corrected chi connectivity index (χ1v) is 15.9. The Balaban J connectivity index is 1.37. The molecule has 2 aliphatic carbocycles. The van der Waals surface area contributed by atoms with Gasteiger partial charge in [-0.05, 0) is 68.6 Å². The van der Waals surface area contributed by atoms with E-state index in [1.54, 1.807) is 0 Å². The van der Waals surface area contributed by atoms with Crippen molar-refractivity contribution in [1.82, 2.24) is 0 Å². The van der Waals surface area contributed by atoms with Crippen LogP contribution in [-0.2, 0) is 19.1 Å². The van der Waals surface area contributed by atoms with Gasteiger partial charge >= 0.3 is 11.9 Å². The number of ether oxygens (including phenoxy) is 2. The molecule has 7 unspecified atom stereocenters. The Morgan fingerprint density at radius 3 is 2.81 bits per heavy atom. The van der Waals surface area contributed by atoms with Crippen molar-refractivity contribution in [2.45, 2.75) is 95.5 Å². The molecule has 2 saturated carbocycles. The van der Waals surface area contributed by atoms with Crippen molar-refractivity contribution in [3.05, 3.63) is 23.8 Å². The van der Waals surface area contributed by atoms with E-state index in [1.165, 1.54) is 12.2 Å². The summed E-state index contributed by atoms with van der Waals surface area (Å²) in [5.74, 6) is 0.827. The first-order valence-electron chi connectivity index (χ1n) is 13.5. The van der Waals surface area contributed by atoms with Crippen molar-refractivity contribution < 1.29 is 29.3 Å². The van der Waals surface area contributed by atoms with Crippen molar-refractivity contribution >= 4 is 33.5 Å². The maximum absolute atomic E-state index is 12.5. The third kappa shape index (κ3) is 5.71. The van der Waals surface area contributed by atoms with E-state index in [0.29, 0.717) is 30.1 Å². The Kier molecular flexibility index (Phi) is 9.22. The Hall–Kier alpha value is -0.960. The van der Waals surface area contributed by atoms with Crippen molar-refractivity contribution in [3.8, 4) is 0 Å². The average Bonchev–Trinajstić information content (AvgIpc) is 3.49. The van der Waals surface area contributed by atoms with Crippen LogP contribution in [0.1, 0.15) is 78.1 Å². The van der Waals surface area contributed by atoms with Crippen molar-refractivity contribution in [3.63, 3.8) is 0 Å². The summed E-state index contributed by atoms with van der Waals surface area (Å²) < 4.78 is 10.9. The molecular weight excluding hydrogens is 496 g/mol. The number of fused-ring (bicyclic) bond motifs is 1. The second kappa shape index (κ2) is 11.8. The molecule has 0 radical (unpaired) electrons. The molecule has 0 aromatic carbocycles. The highest BCUT2D eigenvalue weighted by atomic mass is 33.1. The monoisotopic (exact) mass is 538 g/mol. The quantitative estimate of drug-likeness (QED) is 0.136. The van der Waals surface area contributed by atoms with E-state index >= 15 is 0 Å². The molecule has 0 spiro atoms. The lowest BCUT2D eigenvalue weighted by atomic mass is 9.46. The Morgan fingerprint density at radius 2 is 2.08 bits per heavy atom. The van der Waals surface area contributed by atoms with Crippen LogP contribution in [0.4, 0.5) is 0 Å². The zero-order valence-corrected chi connectivity index (χ0v) is 23.3. The van der Waals surface area contributed by atoms with Crippen LogP contribution in [-0.4, -0.2) is 58.6 Å². The summed E-state index contributed by atoms with van der Waals surface area (Å²) in [6.45, 7) is 8.65. The summed E-state index contributed by atoms with van der Waals surface area (Å²) >= 11 is 0. The lowest BCUT2D eigenvalue weighted by Gasteiger charge is -2.59. The fraction of sp³-hybridized carbons (Fsp3) is 0.786. The largest absolute Gasteiger partial charge is 0.458 e. The number of rotatable bonds is 9. The molecule has 202 valence electrons. The third-order valence-corrected chi connectivity index (χ3v) is 12.4. The van der Waals surface area contributed by atoms with Gasteiger partial charge in [-0.1, -0.05) is 60.1 Å². The molecule has 6 nitrogen and oxygen atoms in total. The average molecular weight is 539 g/mol. The van der Waals surface area contributed by atoms with Crippen LogP contribution in [0.5, 0.6) is 0 Å². The van der Waals surface area contributed by atoms with E-state index in [0.717, 1.165) is 44.1 Å². The normalized spacial score (nSPS) is 39.8. The topological polar surface area (TPSA) is 93.1 Å². The van der Waals surface area contributed by atoms with E-state index in [9.17, 15) is 19.8 Å². The fourth-order valence-corrected chi connectivity index (χ4v) is 10.1. The van der Waals surface area contributed by atoms with Crippen LogP contribution in [0.2, 0.25) is 0 Å². The fourth-order valence-electron chi connectivity index (χ4n) is 7.07. The summed E-state index contributed by atoms with van der Waals surface area (Å²) in [5, 5.41) is 21.6. The first-order chi connectivity index (χ1) is 17.2. The maximum atomic E-state index is 12.5. The minimum absolute atomic E-state index is 0.0441. The van der Waals surface area contributed by atoms with E-state index in [-0.39, 0.29) is 36.4 Å². The van der Waals surface area contributed by atoms with Gasteiger partial charge in [-0.15, -0.1) is 0 Å². The van der Waals surface area contributed by atoms with Crippen LogP contribution < -0.4 is 0 Å². The molecule has 2 N–H and O–H groups in total. The van der Waals surface area contributed by atoms with E-state index < -0.39 is 23.6 Å². The molecule has 7 atom stereocenters. The predicted octanol–water partition coefficient (Wildman–Crippen LogP) is 5.23. The smallest absolute Gasteiger partial charge is 0.337 e. The third-order valence-electron chi connectivity index (χ3n) is 9.37. The van der Waals surface area contributed by atoms with E-state index in [1.807, 2.05) is 34.6 Å². The van der Waals surface area contributed by atoms with Gasteiger partial charge in [0.2, 0.25) is 0 Å². The minimum atomic E-state index is -0.650. The zero-order chi connectivity index (χ0) is 25.9. The van der Waals surface area contributed by atoms with Gasteiger partial charge in [0.05, 0.1) is 18.3 Å². The predicted molar refractivity (Wildman–Crippen MR) is 144 cm³/mol. The number of hydrogen-bond acceptors (Lipinski definition) is 8. The lowest BCUT2D eigenvalue weighted by Crippen LogP contribution is -2.57. The van der Waals surface area contributed by atoms with Gasteiger partial charge in [0.1, 0.15) is 6.61 Å². The summed E-state index contributed by atoms with van der Waals surface area (Å²) in [4.78, 5) is 25.0. The number of aliphatic hydroxyl groups is 2. The zero-order valence-electron chi connectivity index (χ0n) is 21.7. The SMILES string of the molecule is C=C1CCC2C(C)(CO)C(O)CCC2(C)C1CC=C1C(=O)OCC1OC(=O)CCCCC1CCSS1. The van der Waals surface area contributed by atoms with Crippen LogP contribution >= 0.6 is 21.6 Å². The molecule has 4 fully saturated rings. The molecule has 2 heterocycles. The molecule has 2 aliphatic heterocycles. The van der Waals surface area contributed by atoms with E-state index in [4.69, 9.17) is 9.47 Å². The number of cyclic esters (lactones) is 1. The number of esters is 2. The molecule has 2 saturated heterocycles. The highest BCUT2D eigenvalue weighted by molar-refractivity contribution is 8.77. The summed E-state index contributed by atoms with van der Waals surface area (Å²) in [7, 11) is 3.90. The second-order valence-electron chi connectivity index (χ2n) is 11.6. The molecule has 0 aromatic heterocycles. The van der Waals surface area contributed by atoms with Crippen molar-refractivity contribution in [2.24, 2.45) is 22.7 Å². The van der Waals surface area contributed by atoms with Crippen molar-refractivity contribution in [1.29, 1.82) is 0 Å². The van der Waals surface area contributed by atoms with Crippen LogP contribution in [0.15, 0.2) is 23.8 Å². The second-order valence-corrected chi connectivity index (χ2v) is 14.4. The molecule has 8 heteroatoms. The van der Waals surface area contributed by atoms with Gasteiger partial charge in [0.15, 0.2) is 6.10 Å². The van der Waals surface area contributed by atoms with Crippen LogP contribution in [0.25, 0.3) is 0 Å². The standard InChI is InChI=1S/C28H42O6S2/c1-18-8-11-23-27(2,14-12-24(30)28(23,3)17-29)21(18)10-9-20-22(16-33-26(20)32)34-25(31)7-5-4-6-19-13-15-35-36-19/h9,19,21-24,29-30H,1,4-8,10-17H2,2-3H3. The van der Waals surface area contributed by atoms with Gasteiger partial charge in [0, 0.05) is 22.8 Å². The number of hydrogen-bond donors (Lipinski definition) is 2. The van der Waals surface area contributed by atoms with Gasteiger partial charge < -0.3 is 19.7 Å². The molecular formula is C28H42O6S2. The number of aliphatic hydroxyl groups excluding tert-OH is 2. The molecule has 4 rings (SSSR count). The summed E-state index contributed by atoms with van der Waals surface area (Å²) in [6.07, 6.45) is 9.15. The molecule has 0 amide bonds. The number of allylic oxidation sites excluding steroid dienone is 2. The van der Waals surface area contributed by atoms with Gasteiger partial charge in [-0.25, -0.2) is 4.79 Å². The molecule has 0 aromatic rings.